The molecule has 4 aromatic rings. The van der Waals surface area contributed by atoms with Crippen molar-refractivity contribution in [3.63, 3.8) is 0 Å². The van der Waals surface area contributed by atoms with Crippen LogP contribution in [0.2, 0.25) is 0 Å². The maximum absolute atomic E-state index is 13.2. The fourth-order valence-electron chi connectivity index (χ4n) is 3.56. The van der Waals surface area contributed by atoms with Crippen LogP contribution in [0.25, 0.3) is 17.1 Å². The van der Waals surface area contributed by atoms with Gasteiger partial charge in [-0.25, -0.2) is 0 Å². The van der Waals surface area contributed by atoms with Crippen LogP contribution >= 0.6 is 11.8 Å². The largest absolute Gasteiger partial charge is 0.352 e. The molecule has 5 nitrogen and oxygen atoms in total. The first kappa shape index (κ1) is 20.5. The predicted octanol–water partition coefficient (Wildman–Crippen LogP) is 5.35. The number of benzene rings is 3. The van der Waals surface area contributed by atoms with Crippen LogP contribution in [0.4, 0.5) is 0 Å². The number of rotatable bonds is 7. The fourth-order valence-corrected chi connectivity index (χ4v) is 4.62. The topological polar surface area (TPSA) is 59.8 Å². The lowest BCUT2D eigenvalue weighted by Gasteiger charge is -2.17. The van der Waals surface area contributed by atoms with Crippen LogP contribution in [0, 0.1) is 6.92 Å². The van der Waals surface area contributed by atoms with E-state index in [1.807, 2.05) is 65.2 Å². The molecule has 1 saturated carbocycles. The molecule has 1 aromatic heterocycles. The number of hydrogen-bond donors (Lipinski definition) is 1. The zero-order valence-electron chi connectivity index (χ0n) is 17.8. The van der Waals surface area contributed by atoms with Gasteiger partial charge in [0, 0.05) is 17.3 Å². The summed E-state index contributed by atoms with van der Waals surface area (Å²) in [5.74, 6) is 0.773. The van der Waals surface area contributed by atoms with Crippen LogP contribution in [-0.2, 0) is 4.79 Å². The number of aromatic nitrogens is 3. The Hall–Kier alpha value is -3.38. The van der Waals surface area contributed by atoms with E-state index in [4.69, 9.17) is 0 Å². The summed E-state index contributed by atoms with van der Waals surface area (Å²) in [4.78, 5) is 13.2. The van der Waals surface area contributed by atoms with Crippen LogP contribution in [0.1, 0.15) is 29.2 Å². The average Bonchev–Trinajstić information content (AvgIpc) is 3.55. The van der Waals surface area contributed by atoms with Gasteiger partial charge in [-0.1, -0.05) is 90.1 Å². The summed E-state index contributed by atoms with van der Waals surface area (Å²) in [7, 11) is 0. The second-order valence-electron chi connectivity index (χ2n) is 8.03. The lowest BCUT2D eigenvalue weighted by atomic mass is 10.1. The number of aryl methyl sites for hydroxylation is 1. The Kier molecular flexibility index (Phi) is 5.77. The third kappa shape index (κ3) is 4.46. The van der Waals surface area contributed by atoms with E-state index in [-0.39, 0.29) is 5.91 Å². The van der Waals surface area contributed by atoms with E-state index in [1.54, 1.807) is 0 Å². The summed E-state index contributed by atoms with van der Waals surface area (Å²) in [6.45, 7) is 2.07. The quantitative estimate of drug-likeness (QED) is 0.393. The number of nitrogens with one attached hydrogen (secondary N) is 1. The van der Waals surface area contributed by atoms with Crippen LogP contribution in [0.3, 0.4) is 0 Å². The molecule has 1 aliphatic rings. The molecular weight excluding hydrogens is 416 g/mol. The highest BCUT2D eigenvalue weighted by atomic mass is 32.2. The molecule has 6 heteroatoms. The van der Waals surface area contributed by atoms with Crippen molar-refractivity contribution < 1.29 is 4.79 Å². The van der Waals surface area contributed by atoms with Gasteiger partial charge in [0.2, 0.25) is 5.91 Å². The molecular formula is C26H24N4OS. The third-order valence-electron chi connectivity index (χ3n) is 5.44. The van der Waals surface area contributed by atoms with Crippen molar-refractivity contribution in [3.8, 4) is 17.1 Å². The first-order chi connectivity index (χ1) is 15.7. The highest BCUT2D eigenvalue weighted by molar-refractivity contribution is 8.00. The second-order valence-corrected chi connectivity index (χ2v) is 9.11. The van der Waals surface area contributed by atoms with Crippen molar-refractivity contribution in [1.29, 1.82) is 0 Å². The van der Waals surface area contributed by atoms with Gasteiger partial charge < -0.3 is 5.32 Å². The standard InChI is InChI=1S/C26H24N4OS/c1-18-12-16-22(17-13-18)30-24(20-10-6-3-7-11-20)28-29-26(30)32-23(19-8-4-2-5-9-19)25(31)27-21-14-15-21/h2-13,16-17,21,23H,14-15H2,1H3,(H,27,31). The zero-order chi connectivity index (χ0) is 21.9. The first-order valence-corrected chi connectivity index (χ1v) is 11.7. The van der Waals surface area contributed by atoms with E-state index in [1.165, 1.54) is 17.3 Å². The number of carbonyl (C=O) groups is 1. The van der Waals surface area contributed by atoms with Gasteiger partial charge in [0.25, 0.3) is 0 Å². The SMILES string of the molecule is Cc1ccc(-n2c(SC(C(=O)NC3CC3)c3ccccc3)nnc2-c2ccccc2)cc1. The Morgan fingerprint density at radius 2 is 1.59 bits per heavy atom. The van der Waals surface area contributed by atoms with Crippen molar-refractivity contribution in [3.05, 3.63) is 96.1 Å². The van der Waals surface area contributed by atoms with Crippen molar-refractivity contribution >= 4 is 17.7 Å². The Bertz CT molecular complexity index is 1200. The molecule has 1 atom stereocenters. The maximum Gasteiger partial charge on any atom is 0.238 e. The van der Waals surface area contributed by atoms with Crippen LogP contribution in [0.5, 0.6) is 0 Å². The lowest BCUT2D eigenvalue weighted by Crippen LogP contribution is -2.29. The summed E-state index contributed by atoms with van der Waals surface area (Å²) in [5, 5.41) is 12.5. The third-order valence-corrected chi connectivity index (χ3v) is 6.64. The second kappa shape index (κ2) is 9.01. The fraction of sp³-hybridized carbons (Fsp3) is 0.192. The molecule has 32 heavy (non-hydrogen) atoms. The molecule has 0 bridgehead atoms. The van der Waals surface area contributed by atoms with Crippen molar-refractivity contribution in [2.24, 2.45) is 0 Å². The average molecular weight is 441 g/mol. The minimum atomic E-state index is -0.408. The number of nitrogens with zero attached hydrogens (tertiary/aromatic N) is 3. The van der Waals surface area contributed by atoms with Gasteiger partial charge in [0.15, 0.2) is 11.0 Å². The van der Waals surface area contributed by atoms with E-state index in [2.05, 4.69) is 46.7 Å². The molecule has 3 aromatic carbocycles. The minimum absolute atomic E-state index is 0.0171. The normalized spacial score (nSPS) is 14.2. The molecule has 1 unspecified atom stereocenters. The highest BCUT2D eigenvalue weighted by Gasteiger charge is 2.31. The van der Waals surface area contributed by atoms with Gasteiger partial charge in [-0.15, -0.1) is 10.2 Å². The van der Waals surface area contributed by atoms with Gasteiger partial charge in [-0.05, 0) is 37.5 Å². The van der Waals surface area contributed by atoms with Gasteiger partial charge in [0.05, 0.1) is 0 Å². The Morgan fingerprint density at radius 1 is 0.938 bits per heavy atom. The molecule has 1 amide bonds. The van der Waals surface area contributed by atoms with Gasteiger partial charge in [-0.2, -0.15) is 0 Å². The van der Waals surface area contributed by atoms with E-state index >= 15 is 0 Å². The zero-order valence-corrected chi connectivity index (χ0v) is 18.6. The van der Waals surface area contributed by atoms with Crippen LogP contribution in [0.15, 0.2) is 90.1 Å². The number of carbonyl (C=O) groups excluding carboxylic acids is 1. The van der Waals surface area contributed by atoms with Crippen molar-refractivity contribution in [2.75, 3.05) is 0 Å². The van der Waals surface area contributed by atoms with Gasteiger partial charge >= 0.3 is 0 Å². The predicted molar refractivity (Wildman–Crippen MR) is 128 cm³/mol. The van der Waals surface area contributed by atoms with Gasteiger partial charge in [0.1, 0.15) is 5.25 Å². The Labute approximate surface area is 191 Å². The lowest BCUT2D eigenvalue weighted by molar-refractivity contribution is -0.120. The number of amides is 1. The summed E-state index contributed by atoms with van der Waals surface area (Å²) in [6, 6.07) is 28.5. The van der Waals surface area contributed by atoms with E-state index in [0.717, 1.165) is 35.5 Å². The summed E-state index contributed by atoms with van der Waals surface area (Å²) >= 11 is 1.44. The van der Waals surface area contributed by atoms with Crippen molar-refractivity contribution in [2.45, 2.75) is 36.2 Å². The van der Waals surface area contributed by atoms with E-state index in [0.29, 0.717) is 11.2 Å². The maximum atomic E-state index is 13.2. The molecule has 0 spiro atoms. The Morgan fingerprint density at radius 3 is 2.25 bits per heavy atom. The van der Waals surface area contributed by atoms with E-state index in [9.17, 15) is 4.79 Å². The molecule has 1 heterocycles. The molecule has 160 valence electrons. The first-order valence-electron chi connectivity index (χ1n) is 10.8. The molecule has 1 N–H and O–H groups in total. The molecule has 0 saturated heterocycles. The monoisotopic (exact) mass is 440 g/mol. The molecule has 0 radical (unpaired) electrons. The summed E-state index contributed by atoms with van der Waals surface area (Å²) in [6.07, 6.45) is 2.10. The minimum Gasteiger partial charge on any atom is -0.352 e. The van der Waals surface area contributed by atoms with Crippen LogP contribution in [-0.4, -0.2) is 26.7 Å². The van der Waals surface area contributed by atoms with Crippen molar-refractivity contribution in [1.82, 2.24) is 20.1 Å². The summed E-state index contributed by atoms with van der Waals surface area (Å²) < 4.78 is 2.04. The Balaban J connectivity index is 1.57. The molecule has 0 aliphatic heterocycles. The summed E-state index contributed by atoms with van der Waals surface area (Å²) in [5.41, 5.74) is 4.08. The smallest absolute Gasteiger partial charge is 0.238 e. The number of thioether (sulfide) groups is 1. The molecule has 1 fully saturated rings. The van der Waals surface area contributed by atoms with Gasteiger partial charge in [-0.3, -0.25) is 9.36 Å². The molecule has 5 rings (SSSR count). The highest BCUT2D eigenvalue weighted by Crippen LogP contribution is 2.38. The molecule has 1 aliphatic carbocycles. The number of hydrogen-bond acceptors (Lipinski definition) is 4. The van der Waals surface area contributed by atoms with E-state index < -0.39 is 5.25 Å². The van der Waals surface area contributed by atoms with Crippen LogP contribution < -0.4 is 5.32 Å².